The number of amides is 1. The minimum atomic E-state index is -0.131. The summed E-state index contributed by atoms with van der Waals surface area (Å²) in [6, 6.07) is 15.5. The van der Waals surface area contributed by atoms with Crippen molar-refractivity contribution in [3.63, 3.8) is 0 Å². The fraction of sp³-hybridized carbons (Fsp3) is 0.250. The molecule has 0 atom stereocenters. The number of hydrogen-bond donors (Lipinski definition) is 1. The number of aryl methyl sites for hydroxylation is 1. The molecule has 0 saturated heterocycles. The Morgan fingerprint density at radius 2 is 1.96 bits per heavy atom. The summed E-state index contributed by atoms with van der Waals surface area (Å²) in [4.78, 5) is 16.4. The van der Waals surface area contributed by atoms with Crippen molar-refractivity contribution in [3.8, 4) is 5.75 Å². The predicted molar refractivity (Wildman–Crippen MR) is 102 cm³/mol. The fourth-order valence-electron chi connectivity index (χ4n) is 2.64. The Kier molecular flexibility index (Phi) is 5.63. The molecular weight excluding hydrogens is 328 g/mol. The highest BCUT2D eigenvalue weighted by atomic mass is 16.5. The number of hydrazone groups is 1. The van der Waals surface area contributed by atoms with Gasteiger partial charge in [0.05, 0.1) is 29.7 Å². The molecule has 2 aromatic carbocycles. The Bertz CT molecular complexity index is 913. The molecule has 134 valence electrons. The Morgan fingerprint density at radius 1 is 1.19 bits per heavy atom. The van der Waals surface area contributed by atoms with Crippen LogP contribution in [0, 0.1) is 0 Å². The van der Waals surface area contributed by atoms with Gasteiger partial charge in [0.2, 0.25) is 5.91 Å². The zero-order chi connectivity index (χ0) is 18.4. The third-order valence-corrected chi connectivity index (χ3v) is 4.04. The van der Waals surface area contributed by atoms with Gasteiger partial charge in [-0.3, -0.25) is 4.79 Å². The van der Waals surface area contributed by atoms with Gasteiger partial charge in [-0.15, -0.1) is 0 Å². The lowest BCUT2D eigenvalue weighted by Gasteiger charge is -2.06. The number of imidazole rings is 1. The second kappa shape index (κ2) is 8.29. The molecule has 0 aliphatic rings. The fourth-order valence-corrected chi connectivity index (χ4v) is 2.64. The quantitative estimate of drug-likeness (QED) is 0.525. The summed E-state index contributed by atoms with van der Waals surface area (Å²) < 4.78 is 7.39. The van der Waals surface area contributed by atoms with E-state index in [0.717, 1.165) is 28.1 Å². The monoisotopic (exact) mass is 350 g/mol. The van der Waals surface area contributed by atoms with E-state index in [1.807, 2.05) is 66.9 Å². The number of aromatic nitrogens is 2. The number of fused-ring (bicyclic) bond motifs is 1. The van der Waals surface area contributed by atoms with Crippen molar-refractivity contribution in [2.45, 2.75) is 26.8 Å². The Morgan fingerprint density at radius 3 is 2.73 bits per heavy atom. The molecule has 0 unspecified atom stereocenters. The number of carbonyl (C=O) groups excluding carboxylic acids is 1. The molecule has 3 aromatic rings. The first kappa shape index (κ1) is 17.7. The number of para-hydroxylation sites is 2. The van der Waals surface area contributed by atoms with E-state index in [1.165, 1.54) is 0 Å². The summed E-state index contributed by atoms with van der Waals surface area (Å²) >= 11 is 0. The topological polar surface area (TPSA) is 68.5 Å². The van der Waals surface area contributed by atoms with E-state index < -0.39 is 0 Å². The summed E-state index contributed by atoms with van der Waals surface area (Å²) in [5.74, 6) is 0.689. The van der Waals surface area contributed by atoms with E-state index in [0.29, 0.717) is 19.6 Å². The molecule has 0 saturated carbocycles. The third-order valence-electron chi connectivity index (χ3n) is 4.04. The van der Waals surface area contributed by atoms with Gasteiger partial charge in [-0.25, -0.2) is 10.4 Å². The van der Waals surface area contributed by atoms with E-state index in [9.17, 15) is 4.79 Å². The van der Waals surface area contributed by atoms with Gasteiger partial charge in [0, 0.05) is 13.0 Å². The van der Waals surface area contributed by atoms with Crippen LogP contribution in [0.1, 0.15) is 25.8 Å². The van der Waals surface area contributed by atoms with Crippen LogP contribution in [0.4, 0.5) is 0 Å². The molecule has 26 heavy (non-hydrogen) atoms. The van der Waals surface area contributed by atoms with Crippen molar-refractivity contribution in [2.24, 2.45) is 5.10 Å². The van der Waals surface area contributed by atoms with Crippen LogP contribution >= 0.6 is 0 Å². The first-order valence-corrected chi connectivity index (χ1v) is 8.63. The lowest BCUT2D eigenvalue weighted by atomic mass is 10.1. The van der Waals surface area contributed by atoms with Gasteiger partial charge in [0.15, 0.2) is 0 Å². The second-order valence-corrected chi connectivity index (χ2v) is 5.87. The Hall–Kier alpha value is -3.15. The van der Waals surface area contributed by atoms with Crippen LogP contribution in [0.5, 0.6) is 5.75 Å². The largest absolute Gasteiger partial charge is 0.494 e. The second-order valence-electron chi connectivity index (χ2n) is 5.87. The molecule has 1 heterocycles. The van der Waals surface area contributed by atoms with E-state index in [2.05, 4.69) is 15.5 Å². The average Bonchev–Trinajstić information content (AvgIpc) is 3.08. The number of ether oxygens (including phenoxy) is 1. The molecule has 1 amide bonds. The van der Waals surface area contributed by atoms with Crippen LogP contribution < -0.4 is 10.2 Å². The molecule has 3 rings (SSSR count). The van der Waals surface area contributed by atoms with Crippen molar-refractivity contribution < 1.29 is 9.53 Å². The molecule has 0 spiro atoms. The van der Waals surface area contributed by atoms with E-state index in [-0.39, 0.29) is 5.91 Å². The first-order valence-electron chi connectivity index (χ1n) is 8.63. The van der Waals surface area contributed by atoms with Crippen LogP contribution in [-0.4, -0.2) is 27.8 Å². The number of nitrogens with one attached hydrogen (secondary N) is 1. The minimum absolute atomic E-state index is 0.131. The lowest BCUT2D eigenvalue weighted by Crippen LogP contribution is -2.20. The molecule has 0 aliphatic heterocycles. The third kappa shape index (κ3) is 4.27. The summed E-state index contributed by atoms with van der Waals surface area (Å²) in [6.07, 6.45) is 2.09. The van der Waals surface area contributed by atoms with E-state index in [4.69, 9.17) is 4.74 Å². The molecule has 0 fully saturated rings. The van der Waals surface area contributed by atoms with Crippen LogP contribution in [0.15, 0.2) is 60.0 Å². The maximum Gasteiger partial charge on any atom is 0.241 e. The highest BCUT2D eigenvalue weighted by molar-refractivity contribution is 5.99. The lowest BCUT2D eigenvalue weighted by molar-refractivity contribution is -0.121. The highest BCUT2D eigenvalue weighted by Gasteiger charge is 2.05. The Balaban J connectivity index is 1.55. The zero-order valence-electron chi connectivity index (χ0n) is 15.0. The smallest absolute Gasteiger partial charge is 0.241 e. The van der Waals surface area contributed by atoms with Gasteiger partial charge in [0.25, 0.3) is 0 Å². The van der Waals surface area contributed by atoms with Gasteiger partial charge in [0.1, 0.15) is 5.75 Å². The Labute approximate surface area is 152 Å². The molecule has 1 N–H and O–H groups in total. The summed E-state index contributed by atoms with van der Waals surface area (Å²) in [5, 5.41) is 4.18. The highest BCUT2D eigenvalue weighted by Crippen LogP contribution is 2.13. The van der Waals surface area contributed by atoms with Crippen molar-refractivity contribution in [3.05, 3.63) is 60.4 Å². The normalized spacial score (nSPS) is 11.5. The number of rotatable bonds is 7. The van der Waals surface area contributed by atoms with Crippen LogP contribution in [-0.2, 0) is 11.3 Å². The average molecular weight is 350 g/mol. The number of carbonyl (C=O) groups is 1. The van der Waals surface area contributed by atoms with Crippen molar-refractivity contribution in [1.29, 1.82) is 0 Å². The summed E-state index contributed by atoms with van der Waals surface area (Å²) in [5.41, 5.74) is 6.25. The molecule has 6 heteroatoms. The SMILES string of the molecule is CCOc1ccc(C(C)=NNC(=O)CCn2cnc3ccccc32)cc1. The van der Waals surface area contributed by atoms with Crippen LogP contribution in [0.25, 0.3) is 11.0 Å². The van der Waals surface area contributed by atoms with Crippen molar-refractivity contribution >= 4 is 22.7 Å². The number of benzene rings is 2. The van der Waals surface area contributed by atoms with E-state index >= 15 is 0 Å². The number of nitrogens with zero attached hydrogens (tertiary/aromatic N) is 3. The maximum atomic E-state index is 12.1. The van der Waals surface area contributed by atoms with E-state index in [1.54, 1.807) is 6.33 Å². The molecular formula is C20H22N4O2. The molecule has 0 bridgehead atoms. The molecule has 6 nitrogen and oxygen atoms in total. The number of hydrogen-bond acceptors (Lipinski definition) is 4. The maximum absolute atomic E-state index is 12.1. The van der Waals surface area contributed by atoms with Crippen molar-refractivity contribution in [1.82, 2.24) is 15.0 Å². The zero-order valence-corrected chi connectivity index (χ0v) is 15.0. The van der Waals surface area contributed by atoms with Gasteiger partial charge in [-0.1, -0.05) is 12.1 Å². The predicted octanol–water partition coefficient (Wildman–Crippen LogP) is 3.37. The molecule has 0 radical (unpaired) electrons. The van der Waals surface area contributed by atoms with Gasteiger partial charge < -0.3 is 9.30 Å². The van der Waals surface area contributed by atoms with Gasteiger partial charge in [-0.2, -0.15) is 5.10 Å². The van der Waals surface area contributed by atoms with Gasteiger partial charge >= 0.3 is 0 Å². The van der Waals surface area contributed by atoms with Gasteiger partial charge in [-0.05, 0) is 55.8 Å². The van der Waals surface area contributed by atoms with Crippen LogP contribution in [0.3, 0.4) is 0 Å². The summed E-state index contributed by atoms with van der Waals surface area (Å²) in [7, 11) is 0. The minimum Gasteiger partial charge on any atom is -0.494 e. The summed E-state index contributed by atoms with van der Waals surface area (Å²) in [6.45, 7) is 5.00. The van der Waals surface area contributed by atoms with Crippen LogP contribution in [0.2, 0.25) is 0 Å². The standard InChI is InChI=1S/C20H22N4O2/c1-3-26-17-10-8-16(9-11-17)15(2)22-23-20(25)12-13-24-14-21-18-6-4-5-7-19(18)24/h4-11,14H,3,12-13H2,1-2H3,(H,23,25). The molecule has 0 aliphatic carbocycles. The van der Waals surface area contributed by atoms with Crippen molar-refractivity contribution in [2.75, 3.05) is 6.61 Å². The molecule has 1 aromatic heterocycles. The first-order chi connectivity index (χ1) is 12.7.